The number of anilines is 1. The van der Waals surface area contributed by atoms with Crippen LogP contribution in [0, 0.1) is 5.41 Å². The van der Waals surface area contributed by atoms with Crippen LogP contribution in [-0.4, -0.2) is 72.5 Å². The second-order valence-electron chi connectivity index (χ2n) is 10.4. The summed E-state index contributed by atoms with van der Waals surface area (Å²) in [6.07, 6.45) is 8.68. The van der Waals surface area contributed by atoms with Crippen LogP contribution in [0.1, 0.15) is 40.5 Å². The second-order valence-corrected chi connectivity index (χ2v) is 17.1. The molecule has 2 aromatic heterocycles. The number of nitrogens with one attached hydrogen (secondary N) is 1. The van der Waals surface area contributed by atoms with Gasteiger partial charge in [-0.15, -0.1) is 11.3 Å². The van der Waals surface area contributed by atoms with E-state index in [1.807, 2.05) is 27.0 Å². The number of hydrogen-bond acceptors (Lipinski definition) is 10. The highest BCUT2D eigenvalue weighted by Crippen LogP contribution is 2.43. The Morgan fingerprint density at radius 1 is 1.29 bits per heavy atom. The average molecular weight is 559 g/mol. The topological polar surface area (TPSA) is 110 Å². The molecule has 2 aliphatic heterocycles. The van der Waals surface area contributed by atoms with Gasteiger partial charge in [0, 0.05) is 46.1 Å². The molecule has 0 radical (unpaired) electrons. The lowest BCUT2D eigenvalue weighted by molar-refractivity contribution is 0.0973. The van der Waals surface area contributed by atoms with E-state index in [0.29, 0.717) is 12.4 Å². The zero-order valence-corrected chi connectivity index (χ0v) is 24.3. The van der Waals surface area contributed by atoms with Gasteiger partial charge in [-0.25, -0.2) is 28.1 Å². The molecule has 35 heavy (non-hydrogen) atoms. The Morgan fingerprint density at radius 2 is 2.00 bits per heavy atom. The number of thiazole rings is 1. The Bertz CT molecular complexity index is 1170. The number of rotatable bonds is 6. The Hall–Kier alpha value is -1.12. The Morgan fingerprint density at radius 3 is 2.60 bits per heavy atom. The lowest BCUT2D eigenvalue weighted by Crippen LogP contribution is -2.55. The Kier molecular flexibility index (Phi) is 7.95. The summed E-state index contributed by atoms with van der Waals surface area (Å²) in [5.74, 6) is 1.34. The molecular formula is C22H34N6O3S4. The molecule has 0 unspecified atom stereocenters. The Labute approximate surface area is 219 Å². The maximum absolute atomic E-state index is 12.8. The van der Waals surface area contributed by atoms with Crippen molar-refractivity contribution in [3.8, 4) is 0 Å². The zero-order valence-electron chi connectivity index (χ0n) is 21.0. The van der Waals surface area contributed by atoms with Crippen LogP contribution < -0.4 is 9.62 Å². The number of hydrogen-bond donors (Lipinski definition) is 1. The quantitative estimate of drug-likeness (QED) is 0.569. The largest absolute Gasteiger partial charge is 0.376 e. The van der Waals surface area contributed by atoms with Crippen LogP contribution in [0.3, 0.4) is 0 Å². The van der Waals surface area contributed by atoms with Gasteiger partial charge in [0.2, 0.25) is 0 Å². The van der Waals surface area contributed by atoms with Crippen molar-refractivity contribution in [1.29, 1.82) is 0 Å². The summed E-state index contributed by atoms with van der Waals surface area (Å²) in [4.78, 5) is 15.9. The summed E-state index contributed by atoms with van der Waals surface area (Å²) in [6, 6.07) is 0.0679. The van der Waals surface area contributed by atoms with Crippen molar-refractivity contribution in [2.24, 2.45) is 9.78 Å². The number of piperidine rings is 1. The van der Waals surface area contributed by atoms with Gasteiger partial charge >= 0.3 is 0 Å². The molecule has 1 spiro atoms. The van der Waals surface area contributed by atoms with Crippen molar-refractivity contribution in [3.63, 3.8) is 0 Å². The molecule has 2 fully saturated rings. The van der Waals surface area contributed by atoms with Gasteiger partial charge in [0.05, 0.1) is 46.9 Å². The normalized spacial score (nSPS) is 23.5. The number of ether oxygens (including phenoxy) is 1. The molecular weight excluding hydrogens is 525 g/mol. The summed E-state index contributed by atoms with van der Waals surface area (Å²) in [5.41, 5.74) is -0.0198. The minimum Gasteiger partial charge on any atom is -0.376 e. The van der Waals surface area contributed by atoms with Gasteiger partial charge in [-0.1, -0.05) is 0 Å². The molecule has 2 aliphatic rings. The predicted octanol–water partition coefficient (Wildman–Crippen LogP) is 3.87. The van der Waals surface area contributed by atoms with Crippen LogP contribution in [-0.2, 0) is 25.5 Å². The van der Waals surface area contributed by atoms with E-state index in [-0.39, 0.29) is 22.3 Å². The van der Waals surface area contributed by atoms with Crippen molar-refractivity contribution >= 4 is 55.4 Å². The van der Waals surface area contributed by atoms with Crippen LogP contribution in [0.25, 0.3) is 0 Å². The molecule has 1 N–H and O–H groups in total. The van der Waals surface area contributed by atoms with Crippen molar-refractivity contribution in [2.75, 3.05) is 37.1 Å². The van der Waals surface area contributed by atoms with Crippen LogP contribution in [0.15, 0.2) is 31.5 Å². The van der Waals surface area contributed by atoms with Gasteiger partial charge in [-0.05, 0) is 52.3 Å². The summed E-state index contributed by atoms with van der Waals surface area (Å²) >= 11 is 2.87. The van der Waals surface area contributed by atoms with E-state index in [1.165, 1.54) is 23.1 Å². The van der Waals surface area contributed by atoms with Crippen molar-refractivity contribution in [2.45, 2.75) is 66.8 Å². The molecule has 0 saturated carbocycles. The van der Waals surface area contributed by atoms with E-state index >= 15 is 0 Å². The van der Waals surface area contributed by atoms with E-state index < -0.39 is 20.7 Å². The van der Waals surface area contributed by atoms with E-state index in [2.05, 4.69) is 35.9 Å². The predicted molar refractivity (Wildman–Crippen MR) is 144 cm³/mol. The first kappa shape index (κ1) is 26.9. The van der Waals surface area contributed by atoms with Gasteiger partial charge < -0.3 is 9.64 Å². The molecule has 0 amide bonds. The fraction of sp³-hybridized carbons (Fsp3) is 0.682. The monoisotopic (exact) mass is 558 g/mol. The van der Waals surface area contributed by atoms with Crippen molar-refractivity contribution in [1.82, 2.24) is 19.7 Å². The highest BCUT2D eigenvalue weighted by molar-refractivity contribution is 8.01. The maximum Gasteiger partial charge on any atom is 0.173 e. The first-order chi connectivity index (χ1) is 16.3. The van der Waals surface area contributed by atoms with Gasteiger partial charge in [-0.2, -0.15) is 4.36 Å². The second kappa shape index (κ2) is 10.3. The minimum atomic E-state index is -2.23. The van der Waals surface area contributed by atoms with Crippen molar-refractivity contribution in [3.05, 3.63) is 17.8 Å². The number of aromatic nitrogens is 3. The van der Waals surface area contributed by atoms with E-state index in [0.717, 1.165) is 41.1 Å². The first-order valence-corrected chi connectivity index (χ1v) is 16.7. The first-order valence-electron chi connectivity index (χ1n) is 11.5. The summed E-state index contributed by atoms with van der Waals surface area (Å²) < 4.78 is 38.7. The smallest absolute Gasteiger partial charge is 0.173 e. The van der Waals surface area contributed by atoms with Crippen molar-refractivity contribution < 1.29 is 13.2 Å². The van der Waals surface area contributed by atoms with Crippen LogP contribution in [0.5, 0.6) is 0 Å². The van der Waals surface area contributed by atoms with Gasteiger partial charge in [0.25, 0.3) is 0 Å². The third-order valence-electron chi connectivity index (χ3n) is 6.23. The lowest BCUT2D eigenvalue weighted by Gasteiger charge is -2.43. The van der Waals surface area contributed by atoms with Gasteiger partial charge in [-0.3, -0.25) is 0 Å². The molecule has 4 rings (SSSR count). The average Bonchev–Trinajstić information content (AvgIpc) is 3.32. The highest BCUT2D eigenvalue weighted by atomic mass is 32.2. The lowest BCUT2D eigenvalue weighted by atomic mass is 9.73. The molecule has 194 valence electrons. The third kappa shape index (κ3) is 6.61. The summed E-state index contributed by atoms with van der Waals surface area (Å²) in [6.45, 7) is 10.4. The summed E-state index contributed by atoms with van der Waals surface area (Å²) in [5, 5.41) is 2.55. The molecule has 2 aromatic rings. The molecule has 0 aromatic carbocycles. The minimum absolute atomic E-state index is 0.0198. The van der Waals surface area contributed by atoms with E-state index in [1.54, 1.807) is 24.1 Å². The third-order valence-corrected chi connectivity index (χ3v) is 10.3. The zero-order chi connectivity index (χ0) is 25.4. The SMILES string of the molecule is C[C@@H]1OCC2(CCN(c3cnc(Sc4nc(N=S(C)(C)=O)cs4)cn3)CC2)[C@@H]1N[S@](=O)C(C)(C)C. The number of nitrogens with zero attached hydrogens (tertiary/aromatic N) is 5. The fourth-order valence-corrected chi connectivity index (χ4v) is 7.53. The molecule has 2 saturated heterocycles. The van der Waals surface area contributed by atoms with Crippen LogP contribution >= 0.6 is 23.1 Å². The van der Waals surface area contributed by atoms with Gasteiger partial charge in [0.15, 0.2) is 10.2 Å². The van der Waals surface area contributed by atoms with Crippen LogP contribution in [0.2, 0.25) is 0 Å². The maximum atomic E-state index is 12.8. The molecule has 4 heterocycles. The van der Waals surface area contributed by atoms with E-state index in [4.69, 9.17) is 4.74 Å². The highest BCUT2D eigenvalue weighted by Gasteiger charge is 2.50. The fourth-order valence-electron chi connectivity index (χ4n) is 4.31. The van der Waals surface area contributed by atoms with E-state index in [9.17, 15) is 8.42 Å². The summed E-state index contributed by atoms with van der Waals surface area (Å²) in [7, 11) is -3.37. The molecule has 0 aliphatic carbocycles. The Balaban J connectivity index is 1.37. The molecule has 0 bridgehead atoms. The van der Waals surface area contributed by atoms with Gasteiger partial charge in [0.1, 0.15) is 10.8 Å². The molecule has 3 atom stereocenters. The molecule has 13 heteroatoms. The standard InChI is InChI=1S/C22H34N6O3S4/c1-15-19(26-34(29)21(2,3)4)22(14-31-15)7-9-28(10-8-22)17-11-24-18(12-23-17)33-20-25-16(13-32-20)27-35(5,6)30/h11-13,15,19,26H,7-10,14H2,1-6H3/t15-,19+,34+/m0/s1. The molecule has 9 nitrogen and oxygen atoms in total. The van der Waals surface area contributed by atoms with Crippen LogP contribution in [0.4, 0.5) is 11.6 Å².